The van der Waals surface area contributed by atoms with Crippen molar-refractivity contribution in [2.24, 2.45) is 0 Å². The molecule has 3 N–H and O–H groups in total. The highest BCUT2D eigenvalue weighted by molar-refractivity contribution is 7.90. The summed E-state index contributed by atoms with van der Waals surface area (Å²) in [5.41, 5.74) is -0.347. The average molecular weight is 286 g/mol. The van der Waals surface area contributed by atoms with Crippen LogP contribution in [-0.4, -0.2) is 42.0 Å². The maximum Gasteiger partial charge on any atom is 0.337 e. The molecule has 1 aromatic carbocycles. The second-order valence-corrected chi connectivity index (χ2v) is 5.92. The molecule has 0 saturated carbocycles. The predicted octanol–water partition coefficient (Wildman–Crippen LogP) is 0.843. The predicted molar refractivity (Wildman–Crippen MR) is 68.4 cm³/mol. The molecular formula is C11H14N2O5S. The molecule has 1 aromatic rings. The van der Waals surface area contributed by atoms with Crippen LogP contribution in [0.5, 0.6) is 5.75 Å². The fourth-order valence-electron chi connectivity index (χ4n) is 1.93. The number of anilines is 1. The number of carboxylic acids is 1. The average Bonchev–Trinajstić information content (AvgIpc) is 2.85. The Bertz CT molecular complexity index is 593. The van der Waals surface area contributed by atoms with E-state index in [0.717, 1.165) is 18.9 Å². The number of rotatable bonds is 4. The Morgan fingerprint density at radius 3 is 2.47 bits per heavy atom. The van der Waals surface area contributed by atoms with Crippen LogP contribution in [0.4, 0.5) is 5.69 Å². The zero-order valence-corrected chi connectivity index (χ0v) is 10.9. The Kier molecular flexibility index (Phi) is 3.63. The van der Waals surface area contributed by atoms with Gasteiger partial charge in [-0.1, -0.05) is 0 Å². The number of phenols is 1. The van der Waals surface area contributed by atoms with E-state index < -0.39 is 16.2 Å². The smallest absolute Gasteiger partial charge is 0.337 e. The summed E-state index contributed by atoms with van der Waals surface area (Å²) in [5, 5.41) is 18.2. The monoisotopic (exact) mass is 286 g/mol. The Hall–Kier alpha value is -1.80. The third kappa shape index (κ3) is 2.96. The van der Waals surface area contributed by atoms with E-state index in [0.29, 0.717) is 13.1 Å². The van der Waals surface area contributed by atoms with Crippen LogP contribution in [0.1, 0.15) is 23.2 Å². The Balaban J connectivity index is 2.30. The van der Waals surface area contributed by atoms with Crippen molar-refractivity contribution in [1.29, 1.82) is 0 Å². The van der Waals surface area contributed by atoms with Crippen molar-refractivity contribution in [2.75, 3.05) is 17.8 Å². The van der Waals surface area contributed by atoms with Crippen molar-refractivity contribution in [3.8, 4) is 5.75 Å². The minimum atomic E-state index is -3.74. The molecule has 0 amide bonds. The van der Waals surface area contributed by atoms with Crippen molar-refractivity contribution < 1.29 is 23.4 Å². The summed E-state index contributed by atoms with van der Waals surface area (Å²) in [6.45, 7) is 0.853. The van der Waals surface area contributed by atoms with Gasteiger partial charge in [-0.3, -0.25) is 4.72 Å². The first-order valence-corrected chi connectivity index (χ1v) is 7.18. The van der Waals surface area contributed by atoms with Crippen LogP contribution in [0.2, 0.25) is 0 Å². The molecule has 0 aromatic heterocycles. The van der Waals surface area contributed by atoms with E-state index in [1.165, 1.54) is 16.4 Å². The maximum absolute atomic E-state index is 12.0. The number of phenolic OH excluding ortho intramolecular Hbond substituents is 1. The highest BCUT2D eigenvalue weighted by Crippen LogP contribution is 2.24. The lowest BCUT2D eigenvalue weighted by molar-refractivity contribution is 0.0697. The van der Waals surface area contributed by atoms with Crippen molar-refractivity contribution >= 4 is 21.9 Å². The third-order valence-electron chi connectivity index (χ3n) is 2.88. The molecular weight excluding hydrogens is 272 g/mol. The van der Waals surface area contributed by atoms with Crippen LogP contribution in [0.15, 0.2) is 18.2 Å². The van der Waals surface area contributed by atoms with Gasteiger partial charge >= 0.3 is 16.2 Å². The molecule has 1 aliphatic rings. The lowest BCUT2D eigenvalue weighted by atomic mass is 10.2. The molecule has 8 heteroatoms. The van der Waals surface area contributed by atoms with Crippen molar-refractivity contribution in [3.05, 3.63) is 23.8 Å². The molecule has 2 rings (SSSR count). The van der Waals surface area contributed by atoms with E-state index in [9.17, 15) is 18.3 Å². The van der Waals surface area contributed by atoms with E-state index in [2.05, 4.69) is 4.72 Å². The fourth-order valence-corrected chi connectivity index (χ4v) is 3.25. The van der Waals surface area contributed by atoms with E-state index in [4.69, 9.17) is 5.11 Å². The standard InChI is InChI=1S/C11H14N2O5S/c14-8-3-4-10(9(7-8)11(15)16)12-19(17,18)13-5-1-2-6-13/h3-4,7,12,14H,1-2,5-6H2,(H,15,16). The Morgan fingerprint density at radius 2 is 1.89 bits per heavy atom. The van der Waals surface area contributed by atoms with Crippen LogP contribution in [0, 0.1) is 0 Å². The number of carbonyl (C=O) groups is 1. The van der Waals surface area contributed by atoms with Crippen LogP contribution in [0.25, 0.3) is 0 Å². The number of aromatic carboxylic acids is 1. The molecule has 1 aliphatic heterocycles. The van der Waals surface area contributed by atoms with Gasteiger partial charge in [0.15, 0.2) is 0 Å². The van der Waals surface area contributed by atoms with E-state index in [-0.39, 0.29) is 17.0 Å². The molecule has 0 bridgehead atoms. The minimum Gasteiger partial charge on any atom is -0.508 e. The summed E-state index contributed by atoms with van der Waals surface area (Å²) >= 11 is 0. The second-order valence-electron chi connectivity index (χ2n) is 4.25. The van der Waals surface area contributed by atoms with E-state index in [1.807, 2.05) is 0 Å². The summed E-state index contributed by atoms with van der Waals surface area (Å²) in [6.07, 6.45) is 1.59. The summed E-state index contributed by atoms with van der Waals surface area (Å²) in [5.74, 6) is -1.54. The Morgan fingerprint density at radius 1 is 1.26 bits per heavy atom. The van der Waals surface area contributed by atoms with Gasteiger partial charge in [-0.2, -0.15) is 12.7 Å². The van der Waals surface area contributed by atoms with Crippen molar-refractivity contribution in [1.82, 2.24) is 4.31 Å². The summed E-state index contributed by atoms with van der Waals surface area (Å²) in [7, 11) is -3.74. The van der Waals surface area contributed by atoms with Gasteiger partial charge in [0.1, 0.15) is 5.75 Å². The molecule has 0 spiro atoms. The van der Waals surface area contributed by atoms with Gasteiger partial charge in [-0.25, -0.2) is 4.79 Å². The highest BCUT2D eigenvalue weighted by Gasteiger charge is 2.26. The number of carboxylic acid groups (broad SMARTS) is 1. The number of aromatic hydroxyl groups is 1. The van der Waals surface area contributed by atoms with Crippen molar-refractivity contribution in [3.63, 3.8) is 0 Å². The number of benzene rings is 1. The van der Waals surface area contributed by atoms with Crippen LogP contribution < -0.4 is 4.72 Å². The van der Waals surface area contributed by atoms with Gasteiger partial charge < -0.3 is 10.2 Å². The number of nitrogens with one attached hydrogen (secondary N) is 1. The molecule has 19 heavy (non-hydrogen) atoms. The fraction of sp³-hybridized carbons (Fsp3) is 0.364. The Labute approximate surface area is 110 Å². The van der Waals surface area contributed by atoms with E-state index in [1.54, 1.807) is 0 Å². The number of nitrogens with zero attached hydrogens (tertiary/aromatic N) is 1. The molecule has 0 atom stereocenters. The quantitative estimate of drug-likeness (QED) is 0.711. The number of hydrogen-bond donors (Lipinski definition) is 3. The number of hydrogen-bond acceptors (Lipinski definition) is 4. The van der Waals surface area contributed by atoms with Crippen LogP contribution in [0.3, 0.4) is 0 Å². The first kappa shape index (κ1) is 13.6. The first-order valence-electron chi connectivity index (χ1n) is 5.74. The van der Waals surface area contributed by atoms with Gasteiger partial charge in [0.05, 0.1) is 11.3 Å². The largest absolute Gasteiger partial charge is 0.508 e. The van der Waals surface area contributed by atoms with E-state index >= 15 is 0 Å². The molecule has 0 radical (unpaired) electrons. The minimum absolute atomic E-state index is 0.0581. The van der Waals surface area contributed by atoms with Crippen molar-refractivity contribution in [2.45, 2.75) is 12.8 Å². The van der Waals surface area contributed by atoms with Gasteiger partial charge in [-0.05, 0) is 31.0 Å². The second kappa shape index (κ2) is 5.06. The molecule has 0 unspecified atom stereocenters. The SMILES string of the molecule is O=C(O)c1cc(O)ccc1NS(=O)(=O)N1CCCC1. The zero-order chi connectivity index (χ0) is 14.0. The normalized spacial score (nSPS) is 16.4. The van der Waals surface area contributed by atoms with Gasteiger partial charge in [0, 0.05) is 13.1 Å². The van der Waals surface area contributed by atoms with Gasteiger partial charge in [0.2, 0.25) is 0 Å². The third-order valence-corrected chi connectivity index (χ3v) is 4.40. The highest BCUT2D eigenvalue weighted by atomic mass is 32.2. The van der Waals surface area contributed by atoms with Crippen LogP contribution >= 0.6 is 0 Å². The molecule has 0 aliphatic carbocycles. The summed E-state index contributed by atoms with van der Waals surface area (Å²) < 4.78 is 27.6. The first-order chi connectivity index (χ1) is 8.90. The molecule has 1 fully saturated rings. The summed E-state index contributed by atoms with van der Waals surface area (Å²) in [6, 6.07) is 3.46. The summed E-state index contributed by atoms with van der Waals surface area (Å²) in [4.78, 5) is 11.0. The van der Waals surface area contributed by atoms with Crippen LogP contribution in [-0.2, 0) is 10.2 Å². The molecule has 1 heterocycles. The lowest BCUT2D eigenvalue weighted by Crippen LogP contribution is -2.33. The topological polar surface area (TPSA) is 107 Å². The van der Waals surface area contributed by atoms with Gasteiger partial charge in [0.25, 0.3) is 0 Å². The van der Waals surface area contributed by atoms with Gasteiger partial charge in [-0.15, -0.1) is 0 Å². The maximum atomic E-state index is 12.0. The zero-order valence-electron chi connectivity index (χ0n) is 10.0. The molecule has 104 valence electrons. The molecule has 1 saturated heterocycles. The molecule has 7 nitrogen and oxygen atoms in total. The lowest BCUT2D eigenvalue weighted by Gasteiger charge is -2.17.